The van der Waals surface area contributed by atoms with Gasteiger partial charge in [-0.15, -0.1) is 23.2 Å². The number of amides is 2. The number of carbonyl (C=O) groups is 2. The molecule has 0 unspecified atom stereocenters. The highest BCUT2D eigenvalue weighted by atomic mass is 35.5. The van der Waals surface area contributed by atoms with E-state index in [0.717, 1.165) is 5.56 Å². The first-order chi connectivity index (χ1) is 15.3. The fraction of sp³-hybridized carbons (Fsp3) is 0.182. The van der Waals surface area contributed by atoms with Crippen molar-refractivity contribution < 1.29 is 9.59 Å². The number of anilines is 3. The van der Waals surface area contributed by atoms with Gasteiger partial charge in [-0.3, -0.25) is 9.59 Å². The lowest BCUT2D eigenvalue weighted by atomic mass is 10.1. The fourth-order valence-electron chi connectivity index (χ4n) is 2.86. The molecule has 0 aliphatic heterocycles. The van der Waals surface area contributed by atoms with Crippen molar-refractivity contribution in [2.45, 2.75) is 16.9 Å². The summed E-state index contributed by atoms with van der Waals surface area (Å²) in [4.78, 5) is 33.3. The van der Waals surface area contributed by atoms with Crippen LogP contribution >= 0.6 is 35.0 Å². The number of aryl methyl sites for hydroxylation is 1. The Morgan fingerprint density at radius 2 is 1.84 bits per heavy atom. The van der Waals surface area contributed by atoms with Crippen LogP contribution in [0.1, 0.15) is 36.7 Å². The van der Waals surface area contributed by atoms with Crippen molar-refractivity contribution in [2.75, 3.05) is 29.3 Å². The van der Waals surface area contributed by atoms with Crippen LogP contribution in [0.4, 0.5) is 17.2 Å². The molecule has 10 heteroatoms. The van der Waals surface area contributed by atoms with Gasteiger partial charge in [-0.05, 0) is 48.6 Å². The van der Waals surface area contributed by atoms with Gasteiger partial charge in [0.15, 0.2) is 5.16 Å². The summed E-state index contributed by atoms with van der Waals surface area (Å²) >= 11 is 13.2. The maximum absolute atomic E-state index is 12.9. The van der Waals surface area contributed by atoms with Crippen molar-refractivity contribution >= 4 is 64.0 Å². The Balaban J connectivity index is 1.80. The Labute approximate surface area is 200 Å². The van der Waals surface area contributed by atoms with Gasteiger partial charge in [-0.2, -0.15) is 0 Å². The first kappa shape index (κ1) is 23.8. The number of benzene rings is 2. The van der Waals surface area contributed by atoms with E-state index in [9.17, 15) is 9.59 Å². The number of thioether (sulfide) groups is 1. The van der Waals surface area contributed by atoms with E-state index in [1.54, 1.807) is 43.4 Å². The molecule has 0 spiro atoms. The molecule has 1 heterocycles. The quantitative estimate of drug-likeness (QED) is 0.229. The van der Waals surface area contributed by atoms with E-state index in [0.29, 0.717) is 39.0 Å². The molecular formula is C22H21Cl2N5O2S. The van der Waals surface area contributed by atoms with Crippen LogP contribution < -0.4 is 16.0 Å². The molecule has 0 atom stereocenters. The third-order valence-corrected chi connectivity index (χ3v) is 5.64. The molecule has 0 bridgehead atoms. The predicted molar refractivity (Wildman–Crippen MR) is 131 cm³/mol. The highest BCUT2D eigenvalue weighted by Gasteiger charge is 2.16. The van der Waals surface area contributed by atoms with Crippen LogP contribution in [0.25, 0.3) is 0 Å². The number of aromatic nitrogens is 2. The summed E-state index contributed by atoms with van der Waals surface area (Å²) in [6.07, 6.45) is 3.34. The molecular weight excluding hydrogens is 469 g/mol. The smallest absolute Gasteiger partial charge is 0.261 e. The number of hydrogen-bond donors (Lipinski definition) is 3. The van der Waals surface area contributed by atoms with Crippen LogP contribution in [0.15, 0.2) is 53.8 Å². The highest BCUT2D eigenvalue weighted by molar-refractivity contribution is 7.98. The first-order valence-corrected chi connectivity index (χ1v) is 11.6. The summed E-state index contributed by atoms with van der Waals surface area (Å²) in [6, 6.07) is 12.0. The van der Waals surface area contributed by atoms with Gasteiger partial charge in [-0.25, -0.2) is 9.97 Å². The summed E-state index contributed by atoms with van der Waals surface area (Å²) < 4.78 is 0. The lowest BCUT2D eigenvalue weighted by Gasteiger charge is -2.13. The van der Waals surface area contributed by atoms with E-state index in [1.807, 2.05) is 19.2 Å². The zero-order valence-corrected chi connectivity index (χ0v) is 19.9. The molecule has 7 nitrogen and oxygen atoms in total. The van der Waals surface area contributed by atoms with E-state index in [1.165, 1.54) is 18.0 Å². The molecule has 0 fully saturated rings. The van der Waals surface area contributed by atoms with E-state index >= 15 is 0 Å². The number of rotatable bonds is 7. The Bertz CT molecular complexity index is 1160. The van der Waals surface area contributed by atoms with Crippen molar-refractivity contribution in [2.24, 2.45) is 0 Å². The first-order valence-electron chi connectivity index (χ1n) is 9.52. The standard InChI is InChI=1S/C22H21Cl2N5O2S/c1-12-7-8-15(27-20(30)14-6-4-5-13(9-14)18(23)24)10-17(12)28-21(31)16-11-26-22(32-3)29-19(16)25-2/h4-11,18H,1-3H3,(H,27,30)(H,28,31)(H,25,26,29). The lowest BCUT2D eigenvalue weighted by molar-refractivity contribution is 0.101. The molecule has 0 saturated carbocycles. The number of nitrogens with zero attached hydrogens (tertiary/aromatic N) is 2. The monoisotopic (exact) mass is 489 g/mol. The molecule has 2 amide bonds. The SMILES string of the molecule is CNc1nc(SC)ncc1C(=O)Nc1cc(NC(=O)c2cccc(C(Cl)Cl)c2)ccc1C. The topological polar surface area (TPSA) is 96.0 Å². The van der Waals surface area contributed by atoms with Crippen molar-refractivity contribution in [1.82, 2.24) is 9.97 Å². The van der Waals surface area contributed by atoms with Crippen LogP contribution in [0, 0.1) is 6.92 Å². The highest BCUT2D eigenvalue weighted by Crippen LogP contribution is 2.26. The zero-order valence-electron chi connectivity index (χ0n) is 17.6. The van der Waals surface area contributed by atoms with Crippen molar-refractivity contribution in [3.8, 4) is 0 Å². The summed E-state index contributed by atoms with van der Waals surface area (Å²) in [6.45, 7) is 1.86. The van der Waals surface area contributed by atoms with Gasteiger partial charge in [0, 0.05) is 30.2 Å². The van der Waals surface area contributed by atoms with Gasteiger partial charge in [0.25, 0.3) is 11.8 Å². The minimum absolute atomic E-state index is 0.313. The molecule has 3 rings (SSSR count). The summed E-state index contributed by atoms with van der Waals surface area (Å²) in [5.74, 6) is -0.252. The second-order valence-electron chi connectivity index (χ2n) is 6.73. The van der Waals surface area contributed by atoms with E-state index in [2.05, 4.69) is 25.9 Å². The number of hydrogen-bond acceptors (Lipinski definition) is 6. The fourth-order valence-corrected chi connectivity index (χ4v) is 3.48. The van der Waals surface area contributed by atoms with Crippen molar-refractivity contribution in [3.05, 3.63) is 70.9 Å². The molecule has 0 radical (unpaired) electrons. The molecule has 1 aromatic heterocycles. The number of halogens is 2. The van der Waals surface area contributed by atoms with Gasteiger partial charge < -0.3 is 16.0 Å². The molecule has 3 N–H and O–H groups in total. The number of carbonyl (C=O) groups excluding carboxylic acids is 2. The molecule has 32 heavy (non-hydrogen) atoms. The average molecular weight is 490 g/mol. The van der Waals surface area contributed by atoms with Crippen molar-refractivity contribution in [3.63, 3.8) is 0 Å². The number of alkyl halides is 2. The second kappa shape index (κ2) is 10.7. The Morgan fingerprint density at radius 3 is 2.53 bits per heavy atom. The molecule has 0 aliphatic rings. The van der Waals surface area contributed by atoms with Crippen LogP contribution in [-0.4, -0.2) is 35.1 Å². The average Bonchev–Trinajstić information content (AvgIpc) is 2.80. The summed E-state index contributed by atoms with van der Waals surface area (Å²) in [5.41, 5.74) is 3.28. The Hall–Kier alpha value is -2.81. The largest absolute Gasteiger partial charge is 0.372 e. The minimum atomic E-state index is -0.722. The lowest BCUT2D eigenvalue weighted by Crippen LogP contribution is -2.17. The maximum atomic E-state index is 12.9. The third-order valence-electron chi connectivity index (χ3n) is 4.58. The Kier molecular flexibility index (Phi) is 7.95. The van der Waals surface area contributed by atoms with Gasteiger partial charge in [-0.1, -0.05) is 30.0 Å². The minimum Gasteiger partial charge on any atom is -0.372 e. The van der Waals surface area contributed by atoms with Crippen LogP contribution in [0.5, 0.6) is 0 Å². The summed E-state index contributed by atoms with van der Waals surface area (Å²) in [7, 11) is 1.69. The van der Waals surface area contributed by atoms with Crippen LogP contribution in [0.2, 0.25) is 0 Å². The van der Waals surface area contributed by atoms with E-state index in [-0.39, 0.29) is 11.8 Å². The summed E-state index contributed by atoms with van der Waals surface area (Å²) in [5, 5.41) is 9.17. The molecule has 166 valence electrons. The Morgan fingerprint density at radius 1 is 1.06 bits per heavy atom. The van der Waals surface area contributed by atoms with E-state index < -0.39 is 4.84 Å². The normalized spacial score (nSPS) is 10.7. The number of nitrogens with one attached hydrogen (secondary N) is 3. The van der Waals surface area contributed by atoms with Gasteiger partial charge in [0.1, 0.15) is 16.2 Å². The van der Waals surface area contributed by atoms with Gasteiger partial charge >= 0.3 is 0 Å². The van der Waals surface area contributed by atoms with Crippen LogP contribution in [0.3, 0.4) is 0 Å². The van der Waals surface area contributed by atoms with Gasteiger partial charge in [0.05, 0.1) is 0 Å². The van der Waals surface area contributed by atoms with Crippen molar-refractivity contribution in [1.29, 1.82) is 0 Å². The van der Waals surface area contributed by atoms with E-state index in [4.69, 9.17) is 23.2 Å². The van der Waals surface area contributed by atoms with Crippen LogP contribution in [-0.2, 0) is 0 Å². The zero-order chi connectivity index (χ0) is 23.3. The second-order valence-corrected chi connectivity index (χ2v) is 8.60. The molecule has 0 saturated heterocycles. The third kappa shape index (κ3) is 5.70. The molecule has 0 aliphatic carbocycles. The molecule has 3 aromatic rings. The predicted octanol–water partition coefficient (Wildman–Crippen LogP) is 5.53. The van der Waals surface area contributed by atoms with Gasteiger partial charge in [0.2, 0.25) is 0 Å². The molecule has 2 aromatic carbocycles. The maximum Gasteiger partial charge on any atom is 0.261 e.